The minimum Gasteiger partial charge on any atom is -0.310 e. The molecular formula is C14H19F3IN. The number of alkyl halides is 3. The normalized spacial score (nSPS) is 13.5. The van der Waals surface area contributed by atoms with Crippen LogP contribution in [0.4, 0.5) is 13.2 Å². The first-order chi connectivity index (χ1) is 8.92. The van der Waals surface area contributed by atoms with Gasteiger partial charge in [0, 0.05) is 16.0 Å². The molecule has 0 bridgehead atoms. The molecule has 1 N–H and O–H groups in total. The lowest BCUT2D eigenvalue weighted by molar-refractivity contribution is -0.135. The summed E-state index contributed by atoms with van der Waals surface area (Å²) in [7, 11) is 0. The molecule has 0 aliphatic carbocycles. The quantitative estimate of drug-likeness (QED) is 0.647. The zero-order chi connectivity index (χ0) is 14.3. The van der Waals surface area contributed by atoms with Crippen LogP contribution in [0.2, 0.25) is 0 Å². The van der Waals surface area contributed by atoms with Gasteiger partial charge < -0.3 is 5.32 Å². The molecule has 0 aromatic heterocycles. The lowest BCUT2D eigenvalue weighted by Crippen LogP contribution is -2.22. The predicted octanol–water partition coefficient (Wildman–Crippen LogP) is 5.06. The van der Waals surface area contributed by atoms with E-state index in [0.717, 1.165) is 22.1 Å². The maximum atomic E-state index is 12.2. The van der Waals surface area contributed by atoms with Crippen molar-refractivity contribution in [2.75, 3.05) is 6.54 Å². The Morgan fingerprint density at radius 2 is 1.84 bits per heavy atom. The van der Waals surface area contributed by atoms with Crippen LogP contribution in [-0.4, -0.2) is 12.7 Å². The van der Waals surface area contributed by atoms with Gasteiger partial charge in [-0.25, -0.2) is 0 Å². The molecule has 0 saturated carbocycles. The second-order valence-corrected chi connectivity index (χ2v) is 5.81. The van der Waals surface area contributed by atoms with E-state index >= 15 is 0 Å². The van der Waals surface area contributed by atoms with Crippen molar-refractivity contribution in [3.05, 3.63) is 33.4 Å². The zero-order valence-corrected chi connectivity index (χ0v) is 13.1. The highest BCUT2D eigenvalue weighted by Crippen LogP contribution is 2.26. The second kappa shape index (κ2) is 8.09. The summed E-state index contributed by atoms with van der Waals surface area (Å²) < 4.78 is 37.7. The summed E-state index contributed by atoms with van der Waals surface area (Å²) in [5, 5.41) is 3.32. The van der Waals surface area contributed by atoms with Gasteiger partial charge in [-0.2, -0.15) is 13.2 Å². The summed E-state index contributed by atoms with van der Waals surface area (Å²) in [6, 6.07) is 7.96. The molecule has 1 atom stereocenters. The molecule has 1 aromatic rings. The lowest BCUT2D eigenvalue weighted by atomic mass is 10.0. The molecule has 1 rings (SSSR count). The van der Waals surface area contributed by atoms with Crippen molar-refractivity contribution < 1.29 is 13.2 Å². The number of halogens is 4. The lowest BCUT2D eigenvalue weighted by Gasteiger charge is -2.19. The monoisotopic (exact) mass is 385 g/mol. The minimum atomic E-state index is -4.05. The smallest absolute Gasteiger partial charge is 0.310 e. The van der Waals surface area contributed by atoms with Crippen molar-refractivity contribution in [1.82, 2.24) is 5.32 Å². The van der Waals surface area contributed by atoms with E-state index in [0.29, 0.717) is 6.42 Å². The van der Waals surface area contributed by atoms with Crippen molar-refractivity contribution in [2.45, 2.75) is 44.8 Å². The SMILES string of the molecule is CCCNC(CCCC(F)(F)F)c1ccc(I)cc1. The second-order valence-electron chi connectivity index (χ2n) is 4.57. The van der Waals surface area contributed by atoms with Crippen LogP contribution in [0.5, 0.6) is 0 Å². The summed E-state index contributed by atoms with van der Waals surface area (Å²) in [6.07, 6.45) is -3.11. The molecule has 5 heteroatoms. The Hall–Kier alpha value is -0.300. The Balaban J connectivity index is 2.58. The Morgan fingerprint density at radius 1 is 1.21 bits per heavy atom. The number of hydrogen-bond acceptors (Lipinski definition) is 1. The third-order valence-electron chi connectivity index (χ3n) is 2.87. The van der Waals surface area contributed by atoms with E-state index in [1.165, 1.54) is 0 Å². The van der Waals surface area contributed by atoms with Crippen LogP contribution in [0.3, 0.4) is 0 Å². The molecule has 0 radical (unpaired) electrons. The van der Waals surface area contributed by atoms with Gasteiger partial charge in [0.25, 0.3) is 0 Å². The van der Waals surface area contributed by atoms with Crippen molar-refractivity contribution in [3.8, 4) is 0 Å². The van der Waals surface area contributed by atoms with Crippen LogP contribution in [0, 0.1) is 3.57 Å². The molecule has 0 saturated heterocycles. The summed E-state index contributed by atoms with van der Waals surface area (Å²) in [6.45, 7) is 2.87. The van der Waals surface area contributed by atoms with Crippen molar-refractivity contribution in [1.29, 1.82) is 0 Å². The Bertz CT molecular complexity index is 362. The molecule has 19 heavy (non-hydrogen) atoms. The van der Waals surface area contributed by atoms with Gasteiger partial charge >= 0.3 is 6.18 Å². The molecule has 1 nitrogen and oxygen atoms in total. The summed E-state index contributed by atoms with van der Waals surface area (Å²) in [4.78, 5) is 0. The highest BCUT2D eigenvalue weighted by molar-refractivity contribution is 14.1. The van der Waals surface area contributed by atoms with Crippen LogP contribution in [0.1, 0.15) is 44.2 Å². The molecule has 0 aliphatic rings. The standard InChI is InChI=1S/C14H19F3IN/c1-2-10-19-13(4-3-9-14(15,16)17)11-5-7-12(18)8-6-11/h5-8,13,19H,2-4,9-10H2,1H3. The van der Waals surface area contributed by atoms with Crippen LogP contribution in [0.25, 0.3) is 0 Å². The van der Waals surface area contributed by atoms with Gasteiger partial charge in [0.15, 0.2) is 0 Å². The first-order valence-electron chi connectivity index (χ1n) is 6.48. The fourth-order valence-electron chi connectivity index (χ4n) is 1.91. The van der Waals surface area contributed by atoms with E-state index < -0.39 is 12.6 Å². The number of nitrogens with one attached hydrogen (secondary N) is 1. The highest BCUT2D eigenvalue weighted by atomic mass is 127. The molecule has 0 spiro atoms. The Labute approximate surface area is 126 Å². The minimum absolute atomic E-state index is 0.0132. The molecule has 108 valence electrons. The molecule has 0 fully saturated rings. The number of rotatable bonds is 7. The van der Waals surface area contributed by atoms with E-state index in [1.807, 2.05) is 31.2 Å². The van der Waals surface area contributed by atoms with Gasteiger partial charge in [0.2, 0.25) is 0 Å². The van der Waals surface area contributed by atoms with Gasteiger partial charge in [-0.15, -0.1) is 0 Å². The average Bonchev–Trinajstić information content (AvgIpc) is 2.33. The maximum absolute atomic E-state index is 12.2. The summed E-state index contributed by atoms with van der Waals surface area (Å²) >= 11 is 2.22. The van der Waals surface area contributed by atoms with Gasteiger partial charge in [0.1, 0.15) is 0 Å². The molecule has 0 aliphatic heterocycles. The topological polar surface area (TPSA) is 12.0 Å². The van der Waals surface area contributed by atoms with E-state index in [4.69, 9.17) is 0 Å². The highest BCUT2D eigenvalue weighted by Gasteiger charge is 2.26. The van der Waals surface area contributed by atoms with E-state index in [2.05, 4.69) is 27.9 Å². The fraction of sp³-hybridized carbons (Fsp3) is 0.571. The average molecular weight is 385 g/mol. The van der Waals surface area contributed by atoms with Crippen molar-refractivity contribution in [2.24, 2.45) is 0 Å². The Kier molecular flexibility index (Phi) is 7.13. The van der Waals surface area contributed by atoms with Crippen molar-refractivity contribution >= 4 is 22.6 Å². The van der Waals surface area contributed by atoms with E-state index in [9.17, 15) is 13.2 Å². The third-order valence-corrected chi connectivity index (χ3v) is 3.59. The van der Waals surface area contributed by atoms with Gasteiger partial charge in [0.05, 0.1) is 0 Å². The fourth-order valence-corrected chi connectivity index (χ4v) is 2.27. The van der Waals surface area contributed by atoms with E-state index in [1.54, 1.807) is 0 Å². The molecular weight excluding hydrogens is 366 g/mol. The maximum Gasteiger partial charge on any atom is 0.389 e. The van der Waals surface area contributed by atoms with Crippen LogP contribution in [0.15, 0.2) is 24.3 Å². The largest absolute Gasteiger partial charge is 0.389 e. The van der Waals surface area contributed by atoms with Crippen LogP contribution >= 0.6 is 22.6 Å². The number of benzene rings is 1. The predicted molar refractivity (Wildman–Crippen MR) is 80.1 cm³/mol. The Morgan fingerprint density at radius 3 is 2.37 bits per heavy atom. The van der Waals surface area contributed by atoms with Gasteiger partial charge in [-0.05, 0) is 66.1 Å². The van der Waals surface area contributed by atoms with E-state index in [-0.39, 0.29) is 12.5 Å². The summed E-state index contributed by atoms with van der Waals surface area (Å²) in [5.41, 5.74) is 1.07. The molecule has 0 amide bonds. The molecule has 1 aromatic carbocycles. The number of hydrogen-bond donors (Lipinski definition) is 1. The van der Waals surface area contributed by atoms with Crippen LogP contribution in [-0.2, 0) is 0 Å². The first kappa shape index (κ1) is 16.8. The first-order valence-corrected chi connectivity index (χ1v) is 7.56. The molecule has 0 heterocycles. The van der Waals surface area contributed by atoms with Crippen molar-refractivity contribution in [3.63, 3.8) is 0 Å². The molecule has 1 unspecified atom stereocenters. The van der Waals surface area contributed by atoms with Crippen LogP contribution < -0.4 is 5.32 Å². The van der Waals surface area contributed by atoms with Gasteiger partial charge in [-0.3, -0.25) is 0 Å². The zero-order valence-electron chi connectivity index (χ0n) is 10.9. The van der Waals surface area contributed by atoms with Gasteiger partial charge in [-0.1, -0.05) is 19.1 Å². The summed E-state index contributed by atoms with van der Waals surface area (Å²) in [5.74, 6) is 0. The third kappa shape index (κ3) is 7.15.